The van der Waals surface area contributed by atoms with Gasteiger partial charge in [0.25, 0.3) is 11.3 Å². The van der Waals surface area contributed by atoms with Gasteiger partial charge in [0.1, 0.15) is 23.8 Å². The third-order valence-corrected chi connectivity index (χ3v) is 5.95. The average molecular weight is 438 g/mol. The van der Waals surface area contributed by atoms with Gasteiger partial charge >= 0.3 is 0 Å². The molecule has 8 heteroatoms. The molecule has 31 heavy (non-hydrogen) atoms. The highest BCUT2D eigenvalue weighted by atomic mass is 32.2. The molecule has 1 atom stereocenters. The van der Waals surface area contributed by atoms with E-state index in [1.807, 2.05) is 73.5 Å². The van der Waals surface area contributed by atoms with E-state index in [1.54, 1.807) is 0 Å². The van der Waals surface area contributed by atoms with Gasteiger partial charge in [-0.2, -0.15) is 4.98 Å². The summed E-state index contributed by atoms with van der Waals surface area (Å²) in [6, 6.07) is 18.1. The van der Waals surface area contributed by atoms with Crippen LogP contribution in [0.5, 0.6) is 5.75 Å². The van der Waals surface area contributed by atoms with Crippen molar-refractivity contribution < 1.29 is 18.7 Å². The van der Waals surface area contributed by atoms with E-state index in [0.29, 0.717) is 25.6 Å². The number of ether oxygens (including phenoxy) is 1. The van der Waals surface area contributed by atoms with Gasteiger partial charge in [-0.1, -0.05) is 54.2 Å². The van der Waals surface area contributed by atoms with Gasteiger partial charge in [0.15, 0.2) is 0 Å². The summed E-state index contributed by atoms with van der Waals surface area (Å²) in [4.78, 5) is 29.5. The van der Waals surface area contributed by atoms with Gasteiger partial charge in [-0.15, -0.1) is 0 Å². The molecule has 0 radical (unpaired) electrons. The number of oxazole rings is 1. The van der Waals surface area contributed by atoms with Crippen molar-refractivity contribution in [3.05, 3.63) is 65.9 Å². The molecular weight excluding hydrogens is 414 g/mol. The number of aryl methyl sites for hydroxylation is 1. The number of imide groups is 1. The van der Waals surface area contributed by atoms with Crippen molar-refractivity contribution in [3.63, 3.8) is 0 Å². The second-order valence-electron chi connectivity index (χ2n) is 7.27. The molecule has 0 saturated carbocycles. The van der Waals surface area contributed by atoms with E-state index in [9.17, 15) is 9.59 Å². The van der Waals surface area contributed by atoms with Crippen LogP contribution in [-0.4, -0.2) is 41.6 Å². The molecule has 1 N–H and O–H groups in total. The number of aromatic nitrogens is 1. The Morgan fingerprint density at radius 1 is 1.13 bits per heavy atom. The maximum atomic E-state index is 11.7. The van der Waals surface area contributed by atoms with E-state index in [-0.39, 0.29) is 16.4 Å². The Labute approximate surface area is 184 Å². The van der Waals surface area contributed by atoms with Crippen LogP contribution >= 0.6 is 11.8 Å². The minimum Gasteiger partial charge on any atom is -0.492 e. The predicted molar refractivity (Wildman–Crippen MR) is 121 cm³/mol. The molecule has 0 spiro atoms. The molecule has 1 fully saturated rings. The standard InChI is InChI=1S/C23H23N3O4S/c1-15-20(17-6-4-3-5-7-17)24-22(30-15)26(2)12-13-29-18-10-8-16(9-11-18)14-19-21(27)25-23(28)31-19/h3-11,19H,12-14H2,1-2H3,(H,25,27,28). The highest BCUT2D eigenvalue weighted by Crippen LogP contribution is 2.27. The molecule has 2 aromatic carbocycles. The zero-order valence-corrected chi connectivity index (χ0v) is 18.1. The third-order valence-electron chi connectivity index (χ3n) is 4.97. The smallest absolute Gasteiger partial charge is 0.297 e. The van der Waals surface area contributed by atoms with Crippen LogP contribution in [0.25, 0.3) is 11.3 Å². The monoisotopic (exact) mass is 437 g/mol. The summed E-state index contributed by atoms with van der Waals surface area (Å²) in [6.45, 7) is 2.98. The van der Waals surface area contributed by atoms with Crippen LogP contribution in [0.1, 0.15) is 11.3 Å². The maximum Gasteiger partial charge on any atom is 0.297 e. The van der Waals surface area contributed by atoms with Crippen LogP contribution in [0.2, 0.25) is 0 Å². The molecule has 1 aromatic heterocycles. The molecule has 160 valence electrons. The minimum absolute atomic E-state index is 0.226. The maximum absolute atomic E-state index is 11.7. The molecule has 2 amide bonds. The number of hydrogen-bond donors (Lipinski definition) is 1. The zero-order valence-electron chi connectivity index (χ0n) is 17.3. The average Bonchev–Trinajstić information content (AvgIpc) is 3.31. The van der Waals surface area contributed by atoms with Crippen LogP contribution in [0.4, 0.5) is 10.8 Å². The lowest BCUT2D eigenvalue weighted by Gasteiger charge is -2.15. The summed E-state index contributed by atoms with van der Waals surface area (Å²) in [5, 5.41) is 1.66. The number of hydrogen-bond acceptors (Lipinski definition) is 7. The van der Waals surface area contributed by atoms with E-state index >= 15 is 0 Å². The molecule has 1 saturated heterocycles. The first kappa shape index (κ1) is 21.0. The Bertz CT molecular complexity index is 1070. The highest BCUT2D eigenvalue weighted by Gasteiger charge is 2.31. The second-order valence-corrected chi connectivity index (χ2v) is 8.44. The Morgan fingerprint density at radius 2 is 1.87 bits per heavy atom. The zero-order chi connectivity index (χ0) is 21.8. The molecular formula is C23H23N3O4S. The number of benzene rings is 2. The number of thioether (sulfide) groups is 1. The molecule has 4 rings (SSSR count). The molecule has 0 bridgehead atoms. The van der Waals surface area contributed by atoms with E-state index in [4.69, 9.17) is 9.15 Å². The SMILES string of the molecule is Cc1oc(N(C)CCOc2ccc(CC3SC(=O)NC3=O)cc2)nc1-c1ccccc1. The number of carbonyl (C=O) groups is 2. The quantitative estimate of drug-likeness (QED) is 0.569. The van der Waals surface area contributed by atoms with Gasteiger partial charge in [-0.25, -0.2) is 0 Å². The Hall–Kier alpha value is -3.26. The van der Waals surface area contributed by atoms with Crippen molar-refractivity contribution >= 4 is 28.9 Å². The van der Waals surface area contributed by atoms with Crippen molar-refractivity contribution in [2.75, 3.05) is 25.1 Å². The molecule has 1 unspecified atom stereocenters. The fourth-order valence-corrected chi connectivity index (χ4v) is 4.13. The largest absolute Gasteiger partial charge is 0.492 e. The van der Waals surface area contributed by atoms with Gasteiger partial charge in [-0.05, 0) is 31.0 Å². The summed E-state index contributed by atoms with van der Waals surface area (Å²) in [6.07, 6.45) is 0.512. The number of rotatable bonds is 8. The van der Waals surface area contributed by atoms with Crippen LogP contribution < -0.4 is 15.0 Å². The number of nitrogens with zero attached hydrogens (tertiary/aromatic N) is 2. The predicted octanol–water partition coefficient (Wildman–Crippen LogP) is 4.06. The van der Waals surface area contributed by atoms with E-state index in [0.717, 1.165) is 40.1 Å². The number of amides is 2. The summed E-state index contributed by atoms with van der Waals surface area (Å²) in [7, 11) is 1.91. The second kappa shape index (κ2) is 9.26. The van der Waals surface area contributed by atoms with Crippen LogP contribution in [-0.2, 0) is 11.2 Å². The van der Waals surface area contributed by atoms with Gasteiger partial charge in [-0.3, -0.25) is 14.9 Å². The molecule has 1 aliphatic rings. The molecule has 3 aromatic rings. The topological polar surface area (TPSA) is 84.7 Å². The van der Waals surface area contributed by atoms with Crippen molar-refractivity contribution in [2.45, 2.75) is 18.6 Å². The van der Waals surface area contributed by atoms with E-state index in [1.165, 1.54) is 0 Å². The fraction of sp³-hybridized carbons (Fsp3) is 0.261. The number of carbonyl (C=O) groups excluding carboxylic acids is 2. The van der Waals surface area contributed by atoms with Crippen LogP contribution in [0.15, 0.2) is 59.0 Å². The summed E-state index contributed by atoms with van der Waals surface area (Å²) in [5.41, 5.74) is 2.85. The first-order valence-electron chi connectivity index (χ1n) is 9.97. The first-order valence-corrected chi connectivity index (χ1v) is 10.8. The summed E-state index contributed by atoms with van der Waals surface area (Å²) in [5.74, 6) is 1.29. The lowest BCUT2D eigenvalue weighted by molar-refractivity contribution is -0.118. The van der Waals surface area contributed by atoms with E-state index < -0.39 is 0 Å². The van der Waals surface area contributed by atoms with Crippen molar-refractivity contribution in [2.24, 2.45) is 0 Å². The van der Waals surface area contributed by atoms with Crippen molar-refractivity contribution in [1.82, 2.24) is 10.3 Å². The lowest BCUT2D eigenvalue weighted by atomic mass is 10.1. The normalized spacial score (nSPS) is 15.7. The summed E-state index contributed by atoms with van der Waals surface area (Å²) >= 11 is 1.04. The van der Waals surface area contributed by atoms with Crippen molar-refractivity contribution in [1.29, 1.82) is 0 Å². The van der Waals surface area contributed by atoms with Crippen LogP contribution in [0.3, 0.4) is 0 Å². The van der Waals surface area contributed by atoms with Gasteiger partial charge < -0.3 is 14.1 Å². The number of anilines is 1. The highest BCUT2D eigenvalue weighted by molar-refractivity contribution is 8.15. The number of likely N-dealkylation sites (N-methyl/N-ethyl adjacent to an activating group) is 1. The Morgan fingerprint density at radius 3 is 2.55 bits per heavy atom. The molecule has 7 nitrogen and oxygen atoms in total. The first-order chi connectivity index (χ1) is 15.0. The fourth-order valence-electron chi connectivity index (χ4n) is 3.27. The third kappa shape index (κ3) is 5.08. The molecule has 1 aliphatic heterocycles. The van der Waals surface area contributed by atoms with Crippen LogP contribution in [0, 0.1) is 6.92 Å². The number of nitrogens with one attached hydrogen (secondary N) is 1. The van der Waals surface area contributed by atoms with Crippen molar-refractivity contribution in [3.8, 4) is 17.0 Å². The van der Waals surface area contributed by atoms with E-state index in [2.05, 4.69) is 10.3 Å². The molecule has 2 heterocycles. The Kier molecular flexibility index (Phi) is 6.27. The van der Waals surface area contributed by atoms with Gasteiger partial charge in [0.05, 0.1) is 11.8 Å². The van der Waals surface area contributed by atoms with Gasteiger partial charge in [0.2, 0.25) is 5.91 Å². The Balaban J connectivity index is 1.28. The molecule has 0 aliphatic carbocycles. The van der Waals surface area contributed by atoms with Gasteiger partial charge in [0, 0.05) is 12.6 Å². The lowest BCUT2D eigenvalue weighted by Crippen LogP contribution is -2.25. The minimum atomic E-state index is -0.363. The summed E-state index contributed by atoms with van der Waals surface area (Å²) < 4.78 is 11.7.